The van der Waals surface area contributed by atoms with E-state index in [1.807, 2.05) is 6.26 Å². The van der Waals surface area contributed by atoms with Crippen molar-refractivity contribution in [2.75, 3.05) is 18.6 Å². The van der Waals surface area contributed by atoms with Crippen LogP contribution in [0.3, 0.4) is 0 Å². The van der Waals surface area contributed by atoms with E-state index in [2.05, 4.69) is 10.4 Å². The minimum atomic E-state index is -0.975. The summed E-state index contributed by atoms with van der Waals surface area (Å²) in [5, 5.41) is 16.2. The van der Waals surface area contributed by atoms with Crippen LogP contribution >= 0.6 is 11.8 Å². The third-order valence-electron chi connectivity index (χ3n) is 1.34. The Bertz CT molecular complexity index is 250. The van der Waals surface area contributed by atoms with E-state index in [4.69, 9.17) is 21.8 Å². The molecule has 8 nitrogen and oxygen atoms in total. The summed E-state index contributed by atoms with van der Waals surface area (Å²) in [5.41, 5.74) is 7.26. The van der Waals surface area contributed by atoms with Gasteiger partial charge in [-0.15, -0.1) is 0 Å². The monoisotopic (exact) mass is 266 g/mol. The van der Waals surface area contributed by atoms with E-state index in [1.165, 1.54) is 0 Å². The summed E-state index contributed by atoms with van der Waals surface area (Å²) < 4.78 is 0. The van der Waals surface area contributed by atoms with Crippen LogP contribution in [-0.4, -0.2) is 53.1 Å². The number of carbonyl (C=O) groups is 2. The molecule has 0 spiro atoms. The van der Waals surface area contributed by atoms with E-state index < -0.39 is 18.0 Å². The quantitative estimate of drug-likeness (QED) is 0.165. The number of carboxylic acid groups (broad SMARTS) is 2. The van der Waals surface area contributed by atoms with Gasteiger partial charge in [-0.2, -0.15) is 11.8 Å². The second kappa shape index (κ2) is 12.7. The molecule has 0 radical (unpaired) electrons. The number of nitrogens with two attached hydrogens (primary N) is 2. The molecule has 0 aliphatic rings. The molecule has 0 bridgehead atoms. The van der Waals surface area contributed by atoms with Crippen molar-refractivity contribution in [3.05, 3.63) is 0 Å². The van der Waals surface area contributed by atoms with Gasteiger partial charge in [-0.3, -0.25) is 14.6 Å². The Morgan fingerprint density at radius 3 is 2.47 bits per heavy atom. The number of aliphatic imine (C=N–C) groups is 1. The van der Waals surface area contributed by atoms with Crippen molar-refractivity contribution in [2.24, 2.45) is 16.6 Å². The first-order valence-electron chi connectivity index (χ1n) is 4.59. The van der Waals surface area contributed by atoms with E-state index in [1.54, 1.807) is 11.8 Å². The van der Waals surface area contributed by atoms with Crippen LogP contribution in [0, 0.1) is 0 Å². The minimum Gasteiger partial charge on any atom is -0.480 e. The van der Waals surface area contributed by atoms with Gasteiger partial charge in [0.1, 0.15) is 12.6 Å². The fourth-order valence-corrected chi connectivity index (χ4v) is 1.03. The maximum Gasteiger partial charge on any atom is 0.325 e. The maximum atomic E-state index is 10.1. The highest BCUT2D eigenvalue weighted by Crippen LogP contribution is 1.97. The average Bonchev–Trinajstić information content (AvgIpc) is 2.26. The van der Waals surface area contributed by atoms with Crippen molar-refractivity contribution in [3.8, 4) is 0 Å². The number of nitrogens with zero attached hydrogens (tertiary/aromatic N) is 1. The molecule has 7 N–H and O–H groups in total. The molecule has 0 aliphatic carbocycles. The predicted octanol–water partition coefficient (Wildman–Crippen LogP) is -1.29. The molecule has 0 aliphatic heterocycles. The van der Waals surface area contributed by atoms with Crippen molar-refractivity contribution in [2.45, 2.75) is 12.5 Å². The van der Waals surface area contributed by atoms with Gasteiger partial charge >= 0.3 is 11.9 Å². The molecular formula is C8H18N4O4S. The first kappa shape index (κ1) is 18.1. The first-order chi connectivity index (χ1) is 7.95. The third-order valence-corrected chi connectivity index (χ3v) is 1.99. The molecule has 0 saturated carbocycles. The van der Waals surface area contributed by atoms with Crippen LogP contribution in [-0.2, 0) is 9.59 Å². The largest absolute Gasteiger partial charge is 0.480 e. The summed E-state index contributed by atoms with van der Waals surface area (Å²) in [6.07, 6.45) is 3.60. The van der Waals surface area contributed by atoms with Gasteiger partial charge in [0.05, 0.1) is 6.34 Å². The van der Waals surface area contributed by atoms with Gasteiger partial charge in [0.25, 0.3) is 0 Å². The van der Waals surface area contributed by atoms with E-state index in [-0.39, 0.29) is 6.54 Å². The first-order valence-corrected chi connectivity index (χ1v) is 5.98. The Morgan fingerprint density at radius 1 is 1.53 bits per heavy atom. The van der Waals surface area contributed by atoms with Crippen LogP contribution in [0.1, 0.15) is 6.42 Å². The highest BCUT2D eigenvalue weighted by atomic mass is 32.2. The molecule has 9 heteroatoms. The number of carboxylic acids is 2. The number of hydrazine groups is 1. The summed E-state index contributed by atoms with van der Waals surface area (Å²) in [5.74, 6) is 3.65. The van der Waals surface area contributed by atoms with Crippen LogP contribution in [0.2, 0.25) is 0 Å². The molecule has 1 atom stereocenters. The Morgan fingerprint density at radius 2 is 2.12 bits per heavy atom. The molecule has 0 rings (SSSR count). The molecule has 0 aromatic heterocycles. The summed E-state index contributed by atoms with van der Waals surface area (Å²) in [6, 6.07) is -0.683. The minimum absolute atomic E-state index is 0.246. The van der Waals surface area contributed by atoms with Crippen molar-refractivity contribution < 1.29 is 19.8 Å². The highest BCUT2D eigenvalue weighted by molar-refractivity contribution is 7.98. The Labute approximate surface area is 103 Å². The van der Waals surface area contributed by atoms with Gasteiger partial charge in [-0.05, 0) is 18.4 Å². The van der Waals surface area contributed by atoms with E-state index in [0.29, 0.717) is 6.42 Å². The number of nitrogens with one attached hydrogen (secondary N) is 1. The lowest BCUT2D eigenvalue weighted by Gasteiger charge is -2.02. The zero-order chi connectivity index (χ0) is 13.7. The Balaban J connectivity index is 0. The van der Waals surface area contributed by atoms with Crippen LogP contribution in [0.15, 0.2) is 4.99 Å². The van der Waals surface area contributed by atoms with E-state index in [9.17, 15) is 9.59 Å². The van der Waals surface area contributed by atoms with Gasteiger partial charge in [-0.1, -0.05) is 0 Å². The number of hydrogen-bond acceptors (Lipinski definition) is 6. The SMILES string of the molecule is CSCC[C@H](N)C(=O)O.NNC=NCC(=O)O. The topological polar surface area (TPSA) is 151 Å². The Hall–Kier alpha value is -1.32. The molecular weight excluding hydrogens is 248 g/mol. The molecule has 0 aromatic rings. The number of thioether (sulfide) groups is 1. The third kappa shape index (κ3) is 17.3. The smallest absolute Gasteiger partial charge is 0.325 e. The lowest BCUT2D eigenvalue weighted by atomic mass is 10.2. The summed E-state index contributed by atoms with van der Waals surface area (Å²) >= 11 is 1.60. The van der Waals surface area contributed by atoms with Crippen LogP contribution in [0.25, 0.3) is 0 Å². The zero-order valence-corrected chi connectivity index (χ0v) is 10.3. The normalized spacial score (nSPS) is 11.5. The molecule has 0 saturated heterocycles. The molecule has 100 valence electrons. The van der Waals surface area contributed by atoms with Gasteiger partial charge in [0.2, 0.25) is 0 Å². The molecule has 0 amide bonds. The second-order valence-corrected chi connectivity index (χ2v) is 3.74. The predicted molar refractivity (Wildman–Crippen MR) is 66.9 cm³/mol. The van der Waals surface area contributed by atoms with Crippen LogP contribution in [0.4, 0.5) is 0 Å². The molecule has 0 heterocycles. The summed E-state index contributed by atoms with van der Waals surface area (Å²) in [7, 11) is 0. The molecule has 0 unspecified atom stereocenters. The fourth-order valence-electron chi connectivity index (χ4n) is 0.545. The Kier molecular flexibility index (Phi) is 13.5. The van der Waals surface area contributed by atoms with Crippen molar-refractivity contribution in [3.63, 3.8) is 0 Å². The maximum absolute atomic E-state index is 10.1. The lowest BCUT2D eigenvalue weighted by Crippen LogP contribution is -2.30. The number of rotatable bonds is 7. The van der Waals surface area contributed by atoms with Gasteiger partial charge in [0, 0.05) is 0 Å². The fraction of sp³-hybridized carbons (Fsp3) is 0.625. The van der Waals surface area contributed by atoms with E-state index in [0.717, 1.165) is 12.1 Å². The van der Waals surface area contributed by atoms with Gasteiger partial charge in [0.15, 0.2) is 0 Å². The zero-order valence-electron chi connectivity index (χ0n) is 9.50. The van der Waals surface area contributed by atoms with Crippen molar-refractivity contribution in [1.29, 1.82) is 0 Å². The molecule has 0 fully saturated rings. The molecule has 0 aromatic carbocycles. The number of hydrogen-bond donors (Lipinski definition) is 5. The summed E-state index contributed by atoms with van der Waals surface area (Å²) in [6.45, 7) is -0.246. The standard InChI is InChI=1S/C5H11NO2S.C3H7N3O2/c1-9-3-2-4(6)5(7)8;4-6-2-5-1-3(7)8/h4H,2-3,6H2,1H3,(H,7,8);2H,1,4H2,(H,5,6)(H,7,8)/t4-;/m0./s1. The van der Waals surface area contributed by atoms with Crippen molar-refractivity contribution in [1.82, 2.24) is 5.43 Å². The highest BCUT2D eigenvalue weighted by Gasteiger charge is 2.08. The number of aliphatic carboxylic acids is 2. The van der Waals surface area contributed by atoms with Crippen molar-refractivity contribution >= 4 is 30.0 Å². The van der Waals surface area contributed by atoms with Gasteiger partial charge in [-0.25, -0.2) is 5.84 Å². The van der Waals surface area contributed by atoms with Gasteiger partial charge < -0.3 is 21.4 Å². The molecule has 17 heavy (non-hydrogen) atoms. The van der Waals surface area contributed by atoms with Crippen LogP contribution in [0.5, 0.6) is 0 Å². The lowest BCUT2D eigenvalue weighted by molar-refractivity contribution is -0.138. The average molecular weight is 266 g/mol. The summed E-state index contributed by atoms with van der Waals surface area (Å²) in [4.78, 5) is 23.1. The van der Waals surface area contributed by atoms with Crippen LogP contribution < -0.4 is 17.0 Å². The van der Waals surface area contributed by atoms with E-state index >= 15 is 0 Å². The second-order valence-electron chi connectivity index (χ2n) is 2.76.